The Hall–Kier alpha value is -2.13. The average molecular weight is 240 g/mol. The molecule has 0 spiro atoms. The standard InChI is InChI=1S/C15H16N2O/c1-11-6-8-12(9-7-11)15(18)17-14-5-3-2-4-13(14)10-16/h2-9H,10,16H2,1H3,(H,17,18). The highest BCUT2D eigenvalue weighted by atomic mass is 16.1. The summed E-state index contributed by atoms with van der Waals surface area (Å²) >= 11 is 0. The van der Waals surface area contributed by atoms with Gasteiger partial charge in [-0.15, -0.1) is 0 Å². The summed E-state index contributed by atoms with van der Waals surface area (Å²) in [7, 11) is 0. The lowest BCUT2D eigenvalue weighted by molar-refractivity contribution is 0.102. The third-order valence-electron chi connectivity index (χ3n) is 2.80. The molecule has 1 amide bonds. The fourth-order valence-corrected chi connectivity index (χ4v) is 1.72. The molecule has 0 radical (unpaired) electrons. The summed E-state index contributed by atoms with van der Waals surface area (Å²) in [4.78, 5) is 12.0. The zero-order valence-corrected chi connectivity index (χ0v) is 10.3. The lowest BCUT2D eigenvalue weighted by Gasteiger charge is -2.09. The van der Waals surface area contributed by atoms with E-state index in [1.165, 1.54) is 0 Å². The maximum absolute atomic E-state index is 12.0. The summed E-state index contributed by atoms with van der Waals surface area (Å²) in [6, 6.07) is 15.0. The van der Waals surface area contributed by atoms with Gasteiger partial charge in [0.25, 0.3) is 5.91 Å². The molecule has 0 atom stereocenters. The van der Waals surface area contributed by atoms with E-state index in [1.54, 1.807) is 0 Å². The number of aryl methyl sites for hydroxylation is 1. The molecule has 0 saturated carbocycles. The van der Waals surface area contributed by atoms with E-state index in [9.17, 15) is 4.79 Å². The van der Waals surface area contributed by atoms with E-state index in [4.69, 9.17) is 5.73 Å². The highest BCUT2D eigenvalue weighted by molar-refractivity contribution is 6.04. The van der Waals surface area contributed by atoms with Crippen molar-refractivity contribution in [3.8, 4) is 0 Å². The lowest BCUT2D eigenvalue weighted by Crippen LogP contribution is -2.14. The number of nitrogens with two attached hydrogens (primary N) is 1. The van der Waals surface area contributed by atoms with Gasteiger partial charge in [0.2, 0.25) is 0 Å². The number of carbonyl (C=O) groups is 1. The summed E-state index contributed by atoms with van der Waals surface area (Å²) in [5.74, 6) is -0.115. The SMILES string of the molecule is Cc1ccc(C(=O)Nc2ccccc2CN)cc1. The number of rotatable bonds is 3. The van der Waals surface area contributed by atoms with Gasteiger partial charge in [0, 0.05) is 17.8 Å². The highest BCUT2D eigenvalue weighted by Crippen LogP contribution is 2.15. The van der Waals surface area contributed by atoms with Crippen molar-refractivity contribution in [1.29, 1.82) is 0 Å². The van der Waals surface area contributed by atoms with Crippen LogP contribution in [0.4, 0.5) is 5.69 Å². The van der Waals surface area contributed by atoms with Crippen molar-refractivity contribution in [2.45, 2.75) is 13.5 Å². The number of nitrogens with one attached hydrogen (secondary N) is 1. The summed E-state index contributed by atoms with van der Waals surface area (Å²) < 4.78 is 0. The van der Waals surface area contributed by atoms with Gasteiger partial charge in [-0.2, -0.15) is 0 Å². The Morgan fingerprint density at radius 3 is 2.44 bits per heavy atom. The predicted molar refractivity (Wildman–Crippen MR) is 73.5 cm³/mol. The molecule has 0 aliphatic carbocycles. The van der Waals surface area contributed by atoms with Crippen LogP contribution in [-0.4, -0.2) is 5.91 Å². The second kappa shape index (κ2) is 5.47. The minimum absolute atomic E-state index is 0.115. The minimum atomic E-state index is -0.115. The number of anilines is 1. The first-order chi connectivity index (χ1) is 8.70. The molecule has 18 heavy (non-hydrogen) atoms. The smallest absolute Gasteiger partial charge is 0.255 e. The molecular weight excluding hydrogens is 224 g/mol. The van der Waals surface area contributed by atoms with Gasteiger partial charge in [0.1, 0.15) is 0 Å². The average Bonchev–Trinajstić information content (AvgIpc) is 2.40. The first-order valence-electron chi connectivity index (χ1n) is 5.86. The van der Waals surface area contributed by atoms with Crippen LogP contribution in [0, 0.1) is 6.92 Å². The van der Waals surface area contributed by atoms with Crippen molar-refractivity contribution in [3.63, 3.8) is 0 Å². The second-order valence-electron chi connectivity index (χ2n) is 4.18. The number of amides is 1. The molecule has 2 aromatic rings. The summed E-state index contributed by atoms with van der Waals surface area (Å²) in [5.41, 5.74) is 9.11. The quantitative estimate of drug-likeness (QED) is 0.866. The van der Waals surface area contributed by atoms with Crippen molar-refractivity contribution in [2.24, 2.45) is 5.73 Å². The van der Waals surface area contributed by atoms with Crippen LogP contribution in [0.3, 0.4) is 0 Å². The van der Waals surface area contributed by atoms with Gasteiger partial charge < -0.3 is 11.1 Å². The van der Waals surface area contributed by atoms with Crippen LogP contribution in [0.15, 0.2) is 48.5 Å². The Kier molecular flexibility index (Phi) is 3.75. The van der Waals surface area contributed by atoms with Crippen LogP contribution in [-0.2, 0) is 6.54 Å². The molecule has 0 aromatic heterocycles. The Bertz CT molecular complexity index is 547. The largest absolute Gasteiger partial charge is 0.326 e. The third-order valence-corrected chi connectivity index (χ3v) is 2.80. The summed E-state index contributed by atoms with van der Waals surface area (Å²) in [5, 5.41) is 2.88. The van der Waals surface area contributed by atoms with Crippen LogP contribution in [0.25, 0.3) is 0 Å². The zero-order chi connectivity index (χ0) is 13.0. The van der Waals surface area contributed by atoms with Crippen LogP contribution < -0.4 is 11.1 Å². The van der Waals surface area contributed by atoms with Crippen molar-refractivity contribution in [3.05, 3.63) is 65.2 Å². The number of carbonyl (C=O) groups excluding carboxylic acids is 1. The number of hydrogen-bond acceptors (Lipinski definition) is 2. The normalized spacial score (nSPS) is 10.1. The van der Waals surface area contributed by atoms with Crippen molar-refractivity contribution in [2.75, 3.05) is 5.32 Å². The van der Waals surface area contributed by atoms with E-state index in [1.807, 2.05) is 55.5 Å². The monoisotopic (exact) mass is 240 g/mol. The van der Waals surface area contributed by atoms with Gasteiger partial charge in [0.05, 0.1) is 0 Å². The molecule has 0 aliphatic heterocycles. The number of hydrogen-bond donors (Lipinski definition) is 2. The molecule has 0 unspecified atom stereocenters. The topological polar surface area (TPSA) is 55.1 Å². The molecule has 3 heteroatoms. The lowest BCUT2D eigenvalue weighted by atomic mass is 10.1. The minimum Gasteiger partial charge on any atom is -0.326 e. The van der Waals surface area contributed by atoms with Gasteiger partial charge >= 0.3 is 0 Å². The molecule has 2 aromatic carbocycles. The first-order valence-corrected chi connectivity index (χ1v) is 5.86. The fraction of sp³-hybridized carbons (Fsp3) is 0.133. The van der Waals surface area contributed by atoms with E-state index >= 15 is 0 Å². The molecule has 3 N–H and O–H groups in total. The van der Waals surface area contributed by atoms with Gasteiger partial charge in [-0.05, 0) is 30.7 Å². The Morgan fingerprint density at radius 1 is 1.11 bits per heavy atom. The summed E-state index contributed by atoms with van der Waals surface area (Å²) in [6.45, 7) is 2.40. The maximum atomic E-state index is 12.0. The van der Waals surface area contributed by atoms with Gasteiger partial charge in [-0.3, -0.25) is 4.79 Å². The molecule has 0 aliphatic rings. The summed E-state index contributed by atoms with van der Waals surface area (Å²) in [6.07, 6.45) is 0. The van der Waals surface area contributed by atoms with E-state index in [-0.39, 0.29) is 5.91 Å². The molecule has 2 rings (SSSR count). The number of benzene rings is 2. The number of para-hydroxylation sites is 1. The van der Waals surface area contributed by atoms with Gasteiger partial charge in [-0.25, -0.2) is 0 Å². The molecular formula is C15H16N2O. The molecule has 0 bridgehead atoms. The first kappa shape index (κ1) is 12.3. The van der Waals surface area contributed by atoms with Crippen LogP contribution in [0.1, 0.15) is 21.5 Å². The highest BCUT2D eigenvalue weighted by Gasteiger charge is 2.07. The molecule has 0 saturated heterocycles. The van der Waals surface area contributed by atoms with Crippen molar-refractivity contribution < 1.29 is 4.79 Å². The fourth-order valence-electron chi connectivity index (χ4n) is 1.72. The van der Waals surface area contributed by atoms with Crippen molar-refractivity contribution >= 4 is 11.6 Å². The third kappa shape index (κ3) is 2.76. The molecule has 0 fully saturated rings. The molecule has 0 heterocycles. The van der Waals surface area contributed by atoms with Crippen molar-refractivity contribution in [1.82, 2.24) is 0 Å². The Balaban J connectivity index is 2.18. The van der Waals surface area contributed by atoms with E-state index < -0.39 is 0 Å². The van der Waals surface area contributed by atoms with Crippen LogP contribution in [0.2, 0.25) is 0 Å². The predicted octanol–water partition coefficient (Wildman–Crippen LogP) is 2.71. The maximum Gasteiger partial charge on any atom is 0.255 e. The van der Waals surface area contributed by atoms with E-state index in [0.717, 1.165) is 16.8 Å². The van der Waals surface area contributed by atoms with Crippen LogP contribution >= 0.6 is 0 Å². The van der Waals surface area contributed by atoms with Crippen LogP contribution in [0.5, 0.6) is 0 Å². The van der Waals surface area contributed by atoms with Gasteiger partial charge in [-0.1, -0.05) is 35.9 Å². The molecule has 92 valence electrons. The second-order valence-corrected chi connectivity index (χ2v) is 4.18. The Morgan fingerprint density at radius 2 is 1.78 bits per heavy atom. The van der Waals surface area contributed by atoms with E-state index in [2.05, 4.69) is 5.32 Å². The molecule has 3 nitrogen and oxygen atoms in total. The zero-order valence-electron chi connectivity index (χ0n) is 10.3. The van der Waals surface area contributed by atoms with E-state index in [0.29, 0.717) is 12.1 Å². The Labute approximate surface area is 107 Å². The van der Waals surface area contributed by atoms with Gasteiger partial charge in [0.15, 0.2) is 0 Å².